The van der Waals surface area contributed by atoms with Gasteiger partial charge in [0.05, 0.1) is 6.10 Å². The van der Waals surface area contributed by atoms with Crippen LogP contribution in [0.4, 0.5) is 0 Å². The Balaban J connectivity index is 1.80. The first-order valence-electron chi connectivity index (χ1n) is 9.63. The minimum absolute atomic E-state index is 0.0713. The molecule has 0 aromatic heterocycles. The zero-order valence-electron chi connectivity index (χ0n) is 15.3. The molecule has 4 aliphatic rings. The molecule has 0 aromatic carbocycles. The van der Waals surface area contributed by atoms with Crippen molar-refractivity contribution >= 4 is 16.2 Å². The Morgan fingerprint density at radius 2 is 1.77 bits per heavy atom. The summed E-state index contributed by atoms with van der Waals surface area (Å²) in [5.74, 6) is 0.435. The number of carbonyl (C=O) groups excluding carboxylic acids is 1. The summed E-state index contributed by atoms with van der Waals surface area (Å²) in [5.41, 5.74) is 0.521. The van der Waals surface area contributed by atoms with Gasteiger partial charge in [0, 0.05) is 11.8 Å². The van der Waals surface area contributed by atoms with Crippen molar-refractivity contribution < 1.29 is 27.1 Å². The van der Waals surface area contributed by atoms with Crippen LogP contribution in [0.2, 0.25) is 0 Å². The number of rotatable bonds is 2. The summed E-state index contributed by atoms with van der Waals surface area (Å²) in [4.78, 5) is 12.5. The van der Waals surface area contributed by atoms with Crippen molar-refractivity contribution in [3.8, 4) is 0 Å². The molecule has 0 bridgehead atoms. The van der Waals surface area contributed by atoms with Crippen LogP contribution in [0.3, 0.4) is 0 Å². The summed E-state index contributed by atoms with van der Waals surface area (Å²) in [7, 11) is -4.60. The fourth-order valence-corrected chi connectivity index (χ4v) is 7.07. The fraction of sp³-hybridized carbons (Fsp3) is 0.842. The maximum atomic E-state index is 12.5. The van der Waals surface area contributed by atoms with Gasteiger partial charge in [-0.15, -0.1) is 0 Å². The molecule has 6 nitrogen and oxygen atoms in total. The summed E-state index contributed by atoms with van der Waals surface area (Å²) < 4.78 is 37.5. The molecule has 0 aliphatic heterocycles. The van der Waals surface area contributed by atoms with Gasteiger partial charge in [-0.2, -0.15) is 8.42 Å². The van der Waals surface area contributed by atoms with Gasteiger partial charge in [0.25, 0.3) is 0 Å². The van der Waals surface area contributed by atoms with Crippen molar-refractivity contribution in [2.45, 2.75) is 71.0 Å². The number of aliphatic hydroxyl groups excluding tert-OH is 1. The molecule has 0 saturated heterocycles. The summed E-state index contributed by atoms with van der Waals surface area (Å²) in [6.45, 7) is 4.23. The van der Waals surface area contributed by atoms with Gasteiger partial charge in [-0.3, -0.25) is 9.35 Å². The van der Waals surface area contributed by atoms with E-state index in [0.717, 1.165) is 37.7 Å². The van der Waals surface area contributed by atoms with Crippen LogP contribution >= 0.6 is 0 Å². The topological polar surface area (TPSA) is 101 Å². The molecule has 4 unspecified atom stereocenters. The Labute approximate surface area is 155 Å². The molecule has 0 spiro atoms. The molecule has 7 heteroatoms. The average molecular weight is 384 g/mol. The van der Waals surface area contributed by atoms with Crippen molar-refractivity contribution in [3.63, 3.8) is 0 Å². The van der Waals surface area contributed by atoms with Gasteiger partial charge < -0.3 is 5.11 Å². The quantitative estimate of drug-likeness (QED) is 0.561. The highest BCUT2D eigenvalue weighted by Gasteiger charge is 2.61. The second-order valence-electron chi connectivity index (χ2n) is 9.20. The molecule has 4 aliphatic carbocycles. The van der Waals surface area contributed by atoms with Crippen molar-refractivity contribution in [2.24, 2.45) is 28.6 Å². The van der Waals surface area contributed by atoms with Gasteiger partial charge in [-0.05, 0) is 61.7 Å². The lowest BCUT2D eigenvalue weighted by atomic mass is 9.47. The number of carbonyl (C=O) groups is 1. The van der Waals surface area contributed by atoms with Gasteiger partial charge in [0.2, 0.25) is 0 Å². The minimum Gasteiger partial charge on any atom is -0.393 e. The molecule has 7 atom stereocenters. The predicted molar refractivity (Wildman–Crippen MR) is 94.5 cm³/mol. The third-order valence-electron chi connectivity index (χ3n) is 8.02. The molecule has 3 fully saturated rings. The van der Waals surface area contributed by atoms with E-state index in [-0.39, 0.29) is 29.0 Å². The summed E-state index contributed by atoms with van der Waals surface area (Å²) >= 11 is 0. The van der Waals surface area contributed by atoms with E-state index in [1.54, 1.807) is 0 Å². The number of hydrogen-bond donors (Lipinski definition) is 2. The molecule has 146 valence electrons. The maximum Gasteiger partial charge on any atom is 0.397 e. The normalized spacial score (nSPS) is 48.4. The fourth-order valence-electron chi connectivity index (χ4n) is 6.61. The molecule has 4 rings (SSSR count). The number of hydrogen-bond acceptors (Lipinski definition) is 5. The van der Waals surface area contributed by atoms with Crippen molar-refractivity contribution in [3.05, 3.63) is 11.6 Å². The van der Waals surface area contributed by atoms with Crippen molar-refractivity contribution in [1.82, 2.24) is 0 Å². The SMILES string of the molecule is C[C@]12CC[C@H](O)CC1=CC(OS(=O)(=O)O)C1C2CC[C@]2(C)C(=O)CCC12. The molecule has 0 heterocycles. The standard InChI is InChI=1S/C19H28O6S/c1-18-7-5-12(20)9-11(18)10-15(25-26(22,23)24)17-13-3-4-16(21)19(13,2)8-6-14(17)18/h10,12-15,17,20H,3-9H2,1-2H3,(H,22,23,24)/t12-,13?,14?,15?,17?,18-,19-/m0/s1. The monoisotopic (exact) mass is 384 g/mol. The summed E-state index contributed by atoms with van der Waals surface area (Å²) in [5, 5.41) is 10.1. The molecular weight excluding hydrogens is 356 g/mol. The van der Waals surface area contributed by atoms with Crippen LogP contribution in [-0.2, 0) is 19.4 Å². The Morgan fingerprint density at radius 3 is 2.46 bits per heavy atom. The minimum atomic E-state index is -4.60. The van der Waals surface area contributed by atoms with Gasteiger partial charge in [-0.1, -0.05) is 25.5 Å². The smallest absolute Gasteiger partial charge is 0.393 e. The van der Waals surface area contributed by atoms with Gasteiger partial charge in [0.15, 0.2) is 0 Å². The lowest BCUT2D eigenvalue weighted by Crippen LogP contribution is -2.55. The predicted octanol–water partition coefficient (Wildman–Crippen LogP) is 2.68. The number of aliphatic hydroxyl groups is 1. The average Bonchev–Trinajstić information content (AvgIpc) is 2.83. The summed E-state index contributed by atoms with van der Waals surface area (Å²) in [6.07, 6.45) is 5.72. The van der Waals surface area contributed by atoms with Crippen LogP contribution in [0, 0.1) is 28.6 Å². The second kappa shape index (κ2) is 5.87. The third-order valence-corrected chi connectivity index (χ3v) is 8.49. The Bertz CT molecular complexity index is 758. The van der Waals surface area contributed by atoms with Crippen LogP contribution in [0.25, 0.3) is 0 Å². The molecule has 0 aromatic rings. The zero-order valence-corrected chi connectivity index (χ0v) is 16.2. The first-order valence-corrected chi connectivity index (χ1v) is 11.0. The molecule has 0 amide bonds. The van der Waals surface area contributed by atoms with Crippen LogP contribution < -0.4 is 0 Å². The molecular formula is C19H28O6S. The molecule has 0 radical (unpaired) electrons. The van der Waals surface area contributed by atoms with Gasteiger partial charge in [-0.25, -0.2) is 4.18 Å². The number of ketones is 1. The zero-order chi connectivity index (χ0) is 18.9. The van der Waals surface area contributed by atoms with Crippen LogP contribution in [0.1, 0.15) is 58.8 Å². The van der Waals surface area contributed by atoms with Crippen molar-refractivity contribution in [2.75, 3.05) is 0 Å². The van der Waals surface area contributed by atoms with E-state index in [0.29, 0.717) is 12.8 Å². The van der Waals surface area contributed by atoms with E-state index in [9.17, 15) is 22.9 Å². The molecule has 3 saturated carbocycles. The van der Waals surface area contributed by atoms with E-state index < -0.39 is 28.0 Å². The highest BCUT2D eigenvalue weighted by atomic mass is 32.3. The van der Waals surface area contributed by atoms with E-state index in [2.05, 4.69) is 6.92 Å². The van der Waals surface area contributed by atoms with Crippen LogP contribution in [-0.4, -0.2) is 36.1 Å². The van der Waals surface area contributed by atoms with Crippen LogP contribution in [0.15, 0.2) is 11.6 Å². The lowest BCUT2D eigenvalue weighted by Gasteiger charge is -2.58. The molecule has 2 N–H and O–H groups in total. The Kier molecular flexibility index (Phi) is 4.20. The van der Waals surface area contributed by atoms with E-state index >= 15 is 0 Å². The largest absolute Gasteiger partial charge is 0.397 e. The van der Waals surface area contributed by atoms with Gasteiger partial charge in [0.1, 0.15) is 11.9 Å². The van der Waals surface area contributed by atoms with E-state index in [1.807, 2.05) is 13.0 Å². The first kappa shape index (κ1) is 18.6. The van der Waals surface area contributed by atoms with Gasteiger partial charge >= 0.3 is 10.4 Å². The van der Waals surface area contributed by atoms with E-state index in [1.165, 1.54) is 0 Å². The first-order chi connectivity index (χ1) is 12.0. The third kappa shape index (κ3) is 2.70. The number of fused-ring (bicyclic) bond motifs is 5. The Hall–Kier alpha value is -0.760. The summed E-state index contributed by atoms with van der Waals surface area (Å²) in [6, 6.07) is 0. The maximum absolute atomic E-state index is 12.5. The Morgan fingerprint density at radius 1 is 1.12 bits per heavy atom. The van der Waals surface area contributed by atoms with E-state index in [4.69, 9.17) is 4.18 Å². The van der Waals surface area contributed by atoms with Crippen LogP contribution in [0.5, 0.6) is 0 Å². The molecule has 26 heavy (non-hydrogen) atoms. The highest BCUT2D eigenvalue weighted by molar-refractivity contribution is 7.80. The van der Waals surface area contributed by atoms with Crippen molar-refractivity contribution in [1.29, 1.82) is 0 Å². The highest BCUT2D eigenvalue weighted by Crippen LogP contribution is 2.64. The lowest BCUT2D eigenvalue weighted by molar-refractivity contribution is -0.134. The number of Topliss-reactive ketones (excluding diaryl/α,β-unsaturated/α-hetero) is 1. The second-order valence-corrected chi connectivity index (χ2v) is 10.3.